The van der Waals surface area contributed by atoms with Gasteiger partial charge in [-0.15, -0.1) is 0 Å². The lowest BCUT2D eigenvalue weighted by Gasteiger charge is -2.36. The number of nitrogens with zero attached hydrogens (tertiary/aromatic N) is 7. The summed E-state index contributed by atoms with van der Waals surface area (Å²) in [5.74, 6) is -0.963. The largest absolute Gasteiger partial charge is 0.497 e. The molecule has 1 fully saturated rings. The van der Waals surface area contributed by atoms with E-state index in [-0.39, 0.29) is 18.7 Å². The molecule has 6 rings (SSSR count). The second kappa shape index (κ2) is 10.2. The quantitative estimate of drug-likeness (QED) is 0.309. The summed E-state index contributed by atoms with van der Waals surface area (Å²) >= 11 is 0. The fraction of sp³-hybridized carbons (Fsp3) is 0.296. The summed E-state index contributed by atoms with van der Waals surface area (Å²) in [6, 6.07) is 10.5. The van der Waals surface area contributed by atoms with Crippen LogP contribution in [0.15, 0.2) is 55.4 Å². The van der Waals surface area contributed by atoms with Gasteiger partial charge in [-0.05, 0) is 37.7 Å². The van der Waals surface area contributed by atoms with Crippen LogP contribution in [-0.4, -0.2) is 73.7 Å². The van der Waals surface area contributed by atoms with E-state index in [4.69, 9.17) is 14.2 Å². The molecule has 13 heteroatoms. The first-order valence-electron chi connectivity index (χ1n) is 12.6. The summed E-state index contributed by atoms with van der Waals surface area (Å²) in [5, 5.41) is 7.79. The molecule has 1 aliphatic heterocycles. The minimum absolute atomic E-state index is 0.179. The predicted octanol–water partition coefficient (Wildman–Crippen LogP) is 4.64. The minimum atomic E-state index is -3.02. The SMILES string of the molecule is COc1cc(OC2CCN(C)CC2(F)F)c2c(Nc3ccc(Oc4cc5ncnn5cn4)c(C)c3)ncnc2c1. The highest BCUT2D eigenvalue weighted by Gasteiger charge is 2.45. The van der Waals surface area contributed by atoms with Crippen molar-refractivity contribution in [3.05, 3.63) is 60.9 Å². The van der Waals surface area contributed by atoms with Gasteiger partial charge >= 0.3 is 0 Å². The fourth-order valence-corrected chi connectivity index (χ4v) is 4.68. The van der Waals surface area contributed by atoms with Crippen molar-refractivity contribution in [2.24, 2.45) is 0 Å². The molecule has 11 nitrogen and oxygen atoms in total. The van der Waals surface area contributed by atoms with E-state index in [0.717, 1.165) is 5.56 Å². The average Bonchev–Trinajstić information content (AvgIpc) is 3.39. The Bertz CT molecular complexity index is 1700. The Balaban J connectivity index is 1.30. The zero-order valence-electron chi connectivity index (χ0n) is 22.0. The molecule has 1 saturated heterocycles. The standard InChI is InChI=1S/C27H26F2N8O3/c1-16-8-17(4-5-20(16)40-24-11-23-31-14-34-37(23)15-33-24)35-26-25-19(30-13-32-26)9-18(38-3)10-21(25)39-22-6-7-36(2)12-27(22,28)29/h4-5,8-11,13-15,22H,6-7,12H2,1-3H3,(H,30,32,35). The van der Waals surface area contributed by atoms with Gasteiger partial charge in [0.1, 0.15) is 42.0 Å². The van der Waals surface area contributed by atoms with Gasteiger partial charge < -0.3 is 24.4 Å². The number of ether oxygens (including phenoxy) is 3. The highest BCUT2D eigenvalue weighted by molar-refractivity contribution is 5.96. The van der Waals surface area contributed by atoms with Crippen LogP contribution in [0.1, 0.15) is 12.0 Å². The summed E-state index contributed by atoms with van der Waals surface area (Å²) in [6.07, 6.45) is 3.25. The second-order valence-electron chi connectivity index (χ2n) is 9.63. The van der Waals surface area contributed by atoms with Crippen LogP contribution in [0.4, 0.5) is 20.3 Å². The van der Waals surface area contributed by atoms with Crippen LogP contribution >= 0.6 is 0 Å². The van der Waals surface area contributed by atoms with E-state index in [2.05, 4.69) is 30.4 Å². The van der Waals surface area contributed by atoms with Crippen molar-refractivity contribution in [3.63, 3.8) is 0 Å². The van der Waals surface area contributed by atoms with Gasteiger partial charge in [-0.1, -0.05) is 0 Å². The van der Waals surface area contributed by atoms with Gasteiger partial charge in [-0.25, -0.2) is 33.2 Å². The number of anilines is 2. The number of alkyl halides is 2. The monoisotopic (exact) mass is 548 g/mol. The van der Waals surface area contributed by atoms with E-state index in [1.54, 1.807) is 40.7 Å². The van der Waals surface area contributed by atoms with E-state index < -0.39 is 12.0 Å². The summed E-state index contributed by atoms with van der Waals surface area (Å²) in [4.78, 5) is 18.7. The molecule has 2 aromatic carbocycles. The third-order valence-electron chi connectivity index (χ3n) is 6.70. The van der Waals surface area contributed by atoms with Crippen molar-refractivity contribution >= 4 is 28.1 Å². The molecule has 40 heavy (non-hydrogen) atoms. The van der Waals surface area contributed by atoms with Crippen molar-refractivity contribution in [2.45, 2.75) is 25.4 Å². The lowest BCUT2D eigenvalue weighted by molar-refractivity contribution is -0.134. The van der Waals surface area contributed by atoms with Gasteiger partial charge in [0.25, 0.3) is 5.92 Å². The van der Waals surface area contributed by atoms with Gasteiger partial charge in [0.2, 0.25) is 5.88 Å². The molecule has 1 aliphatic rings. The first-order chi connectivity index (χ1) is 19.3. The maximum atomic E-state index is 14.9. The highest BCUT2D eigenvalue weighted by atomic mass is 19.3. The third kappa shape index (κ3) is 5.02. The molecular weight excluding hydrogens is 522 g/mol. The molecule has 4 heterocycles. The molecule has 0 spiro atoms. The fourth-order valence-electron chi connectivity index (χ4n) is 4.68. The summed E-state index contributed by atoms with van der Waals surface area (Å²) in [6.45, 7) is 2.02. The number of fused-ring (bicyclic) bond motifs is 2. The summed E-state index contributed by atoms with van der Waals surface area (Å²) < 4.78 is 48.6. The number of hydrogen-bond acceptors (Lipinski definition) is 10. The van der Waals surface area contributed by atoms with Crippen molar-refractivity contribution in [3.8, 4) is 23.1 Å². The molecule has 206 valence electrons. The van der Waals surface area contributed by atoms with Gasteiger partial charge in [-0.3, -0.25) is 0 Å². The molecule has 1 unspecified atom stereocenters. The van der Waals surface area contributed by atoms with Crippen molar-refractivity contribution in [1.29, 1.82) is 0 Å². The molecule has 0 radical (unpaired) electrons. The van der Waals surface area contributed by atoms with Crippen LogP contribution in [0.2, 0.25) is 0 Å². The Hall–Kier alpha value is -4.65. The Labute approximate surface area is 227 Å². The van der Waals surface area contributed by atoms with Crippen molar-refractivity contribution < 1.29 is 23.0 Å². The number of piperidine rings is 1. The number of hydrogen-bond donors (Lipinski definition) is 1. The topological polar surface area (TPSA) is 112 Å². The molecule has 1 N–H and O–H groups in total. The van der Waals surface area contributed by atoms with E-state index >= 15 is 0 Å². The average molecular weight is 549 g/mol. The van der Waals surface area contributed by atoms with Crippen LogP contribution in [0.25, 0.3) is 16.6 Å². The number of rotatable bonds is 7. The second-order valence-corrected chi connectivity index (χ2v) is 9.63. The Kier molecular flexibility index (Phi) is 6.50. The summed E-state index contributed by atoms with van der Waals surface area (Å²) in [5.41, 5.74) is 2.65. The number of nitrogens with one attached hydrogen (secondary N) is 1. The maximum Gasteiger partial charge on any atom is 0.296 e. The lowest BCUT2D eigenvalue weighted by Crippen LogP contribution is -2.52. The Morgan fingerprint density at radius 1 is 1.02 bits per heavy atom. The predicted molar refractivity (Wildman–Crippen MR) is 143 cm³/mol. The molecule has 0 bridgehead atoms. The third-order valence-corrected chi connectivity index (χ3v) is 6.70. The van der Waals surface area contributed by atoms with Crippen LogP contribution in [0.5, 0.6) is 23.1 Å². The van der Waals surface area contributed by atoms with Gasteiger partial charge in [0.05, 0.1) is 24.6 Å². The van der Waals surface area contributed by atoms with Gasteiger partial charge in [-0.2, -0.15) is 5.10 Å². The number of aryl methyl sites for hydroxylation is 1. The van der Waals surface area contributed by atoms with Crippen LogP contribution < -0.4 is 19.5 Å². The molecule has 5 aromatic rings. The van der Waals surface area contributed by atoms with Crippen molar-refractivity contribution in [1.82, 2.24) is 34.4 Å². The first-order valence-corrected chi connectivity index (χ1v) is 12.6. The van der Waals surface area contributed by atoms with E-state index in [0.29, 0.717) is 52.0 Å². The van der Waals surface area contributed by atoms with Gasteiger partial charge in [0, 0.05) is 36.9 Å². The molecule has 0 amide bonds. The zero-order chi connectivity index (χ0) is 27.9. The minimum Gasteiger partial charge on any atom is -0.497 e. The van der Waals surface area contributed by atoms with E-state index in [1.807, 2.05) is 19.1 Å². The molecule has 0 aliphatic carbocycles. The lowest BCUT2D eigenvalue weighted by atomic mass is 10.0. The van der Waals surface area contributed by atoms with Crippen molar-refractivity contribution in [2.75, 3.05) is 32.6 Å². The normalized spacial score (nSPS) is 17.2. The number of likely N-dealkylation sites (tertiary alicyclic amines) is 1. The molecule has 0 saturated carbocycles. The number of halogens is 2. The first kappa shape index (κ1) is 25.6. The Morgan fingerprint density at radius 2 is 1.90 bits per heavy atom. The molecule has 3 aromatic heterocycles. The smallest absolute Gasteiger partial charge is 0.296 e. The van der Waals surface area contributed by atoms with Crippen LogP contribution in [-0.2, 0) is 0 Å². The molecular formula is C27H26F2N8O3. The van der Waals surface area contributed by atoms with E-state index in [1.165, 1.54) is 26.1 Å². The maximum absolute atomic E-state index is 14.9. The van der Waals surface area contributed by atoms with Gasteiger partial charge in [0.15, 0.2) is 11.8 Å². The number of methoxy groups -OCH3 is 1. The number of benzene rings is 2. The summed E-state index contributed by atoms with van der Waals surface area (Å²) in [7, 11) is 3.17. The van der Waals surface area contributed by atoms with E-state index in [9.17, 15) is 8.78 Å². The zero-order valence-corrected chi connectivity index (χ0v) is 22.0. The van der Waals surface area contributed by atoms with Crippen LogP contribution in [0.3, 0.4) is 0 Å². The highest BCUT2D eigenvalue weighted by Crippen LogP contribution is 2.39. The van der Waals surface area contributed by atoms with Crippen LogP contribution in [0, 0.1) is 6.92 Å². The molecule has 1 atom stereocenters. The Morgan fingerprint density at radius 3 is 2.70 bits per heavy atom. The number of aromatic nitrogens is 6.